The summed E-state index contributed by atoms with van der Waals surface area (Å²) in [7, 11) is 0. The third-order valence-electron chi connectivity index (χ3n) is 3.13. The summed E-state index contributed by atoms with van der Waals surface area (Å²) in [4.78, 5) is 12.0. The van der Waals surface area contributed by atoms with Gasteiger partial charge in [0.15, 0.2) is 6.61 Å². The van der Waals surface area contributed by atoms with E-state index in [1.165, 1.54) is 0 Å². The van der Waals surface area contributed by atoms with Crippen molar-refractivity contribution in [1.82, 2.24) is 5.32 Å². The van der Waals surface area contributed by atoms with Crippen molar-refractivity contribution in [2.45, 2.75) is 19.4 Å². The Labute approximate surface area is 129 Å². The molecule has 0 fully saturated rings. The Morgan fingerprint density at radius 3 is 2.43 bits per heavy atom. The molecule has 0 radical (unpaired) electrons. The van der Waals surface area contributed by atoms with Crippen LogP contribution in [0.3, 0.4) is 0 Å². The molecule has 1 atom stereocenters. The molecule has 0 heterocycles. The van der Waals surface area contributed by atoms with Gasteiger partial charge in [0.1, 0.15) is 5.75 Å². The van der Waals surface area contributed by atoms with Crippen LogP contribution < -0.4 is 10.1 Å². The quantitative estimate of drug-likeness (QED) is 0.876. The van der Waals surface area contributed by atoms with E-state index in [2.05, 4.69) is 5.32 Å². The van der Waals surface area contributed by atoms with Crippen molar-refractivity contribution in [2.75, 3.05) is 6.61 Å². The topological polar surface area (TPSA) is 38.3 Å². The number of nitrogens with one attached hydrogen (secondary N) is 1. The molecule has 1 N–H and O–H groups in total. The van der Waals surface area contributed by atoms with Crippen LogP contribution in [0.5, 0.6) is 5.75 Å². The van der Waals surface area contributed by atoms with E-state index in [1.807, 2.05) is 37.3 Å². The van der Waals surface area contributed by atoms with Crippen LogP contribution in [0.2, 0.25) is 5.02 Å². The minimum Gasteiger partial charge on any atom is -0.484 e. The van der Waals surface area contributed by atoms with Crippen LogP contribution in [0, 0.1) is 0 Å². The molecule has 4 heteroatoms. The first-order chi connectivity index (χ1) is 10.2. The summed E-state index contributed by atoms with van der Waals surface area (Å²) >= 11 is 5.80. The highest BCUT2D eigenvalue weighted by Gasteiger charge is 2.12. The largest absolute Gasteiger partial charge is 0.484 e. The highest BCUT2D eigenvalue weighted by molar-refractivity contribution is 6.30. The molecule has 0 saturated heterocycles. The molecule has 21 heavy (non-hydrogen) atoms. The first-order valence-electron chi connectivity index (χ1n) is 6.91. The smallest absolute Gasteiger partial charge is 0.258 e. The van der Waals surface area contributed by atoms with Gasteiger partial charge in [-0.3, -0.25) is 4.79 Å². The van der Waals surface area contributed by atoms with Crippen LogP contribution in [0.4, 0.5) is 0 Å². The second kappa shape index (κ2) is 7.70. The number of hydrogen-bond acceptors (Lipinski definition) is 2. The predicted octanol–water partition coefficient (Wildman–Crippen LogP) is 3.99. The van der Waals surface area contributed by atoms with Crippen LogP contribution in [-0.4, -0.2) is 12.5 Å². The molecule has 110 valence electrons. The molecule has 3 nitrogen and oxygen atoms in total. The third-order valence-corrected chi connectivity index (χ3v) is 3.38. The zero-order valence-electron chi connectivity index (χ0n) is 11.9. The normalized spacial score (nSPS) is 11.7. The number of ether oxygens (including phenoxy) is 1. The van der Waals surface area contributed by atoms with Gasteiger partial charge in [0.2, 0.25) is 0 Å². The van der Waals surface area contributed by atoms with Crippen molar-refractivity contribution in [3.8, 4) is 5.75 Å². The maximum Gasteiger partial charge on any atom is 0.258 e. The number of benzene rings is 2. The molecular formula is C17H18ClNO2. The van der Waals surface area contributed by atoms with Crippen molar-refractivity contribution >= 4 is 17.5 Å². The average molecular weight is 304 g/mol. The maximum atomic E-state index is 12.0. The number of rotatable bonds is 6. The third kappa shape index (κ3) is 4.80. The van der Waals surface area contributed by atoms with E-state index in [0.29, 0.717) is 10.8 Å². The average Bonchev–Trinajstić information content (AvgIpc) is 2.53. The van der Waals surface area contributed by atoms with E-state index < -0.39 is 0 Å². The minimum atomic E-state index is -0.138. The fourth-order valence-electron chi connectivity index (χ4n) is 2.02. The summed E-state index contributed by atoms with van der Waals surface area (Å²) < 4.78 is 5.43. The van der Waals surface area contributed by atoms with Crippen molar-refractivity contribution in [1.29, 1.82) is 0 Å². The van der Waals surface area contributed by atoms with E-state index in [-0.39, 0.29) is 18.6 Å². The molecule has 0 bridgehead atoms. The number of carbonyl (C=O) groups is 1. The minimum absolute atomic E-state index is 0.00696. The van der Waals surface area contributed by atoms with E-state index in [1.54, 1.807) is 24.3 Å². The van der Waals surface area contributed by atoms with Crippen LogP contribution in [0.1, 0.15) is 24.9 Å². The molecule has 2 aromatic carbocycles. The highest BCUT2D eigenvalue weighted by Crippen LogP contribution is 2.17. The summed E-state index contributed by atoms with van der Waals surface area (Å²) in [5.41, 5.74) is 1.10. The van der Waals surface area contributed by atoms with Crippen LogP contribution >= 0.6 is 11.6 Å². The number of amides is 1. The zero-order valence-corrected chi connectivity index (χ0v) is 12.6. The first-order valence-corrected chi connectivity index (χ1v) is 7.29. The van der Waals surface area contributed by atoms with Gasteiger partial charge in [0.25, 0.3) is 5.91 Å². The lowest BCUT2D eigenvalue weighted by Gasteiger charge is -2.17. The standard InChI is InChI=1S/C17H18ClNO2/c1-2-16(13-6-4-3-5-7-13)19-17(20)12-21-15-10-8-14(18)9-11-15/h3-11,16H,2,12H2,1H3,(H,19,20). The van der Waals surface area contributed by atoms with E-state index in [9.17, 15) is 4.79 Å². The van der Waals surface area contributed by atoms with Crippen LogP contribution in [0.15, 0.2) is 54.6 Å². The lowest BCUT2D eigenvalue weighted by molar-refractivity contribution is -0.123. The monoisotopic (exact) mass is 303 g/mol. The second-order valence-corrected chi connectivity index (χ2v) is 5.12. The van der Waals surface area contributed by atoms with Gasteiger partial charge in [-0.2, -0.15) is 0 Å². The van der Waals surface area contributed by atoms with Crippen molar-refractivity contribution < 1.29 is 9.53 Å². The molecule has 1 amide bonds. The van der Waals surface area contributed by atoms with Gasteiger partial charge in [-0.1, -0.05) is 48.9 Å². The van der Waals surface area contributed by atoms with Crippen molar-refractivity contribution in [2.24, 2.45) is 0 Å². The highest BCUT2D eigenvalue weighted by atomic mass is 35.5. The number of carbonyl (C=O) groups excluding carboxylic acids is 1. The van der Waals surface area contributed by atoms with Crippen LogP contribution in [0.25, 0.3) is 0 Å². The van der Waals surface area contributed by atoms with Gasteiger partial charge in [-0.15, -0.1) is 0 Å². The Balaban J connectivity index is 1.87. The zero-order chi connectivity index (χ0) is 15.1. The molecule has 1 unspecified atom stereocenters. The SMILES string of the molecule is CCC(NC(=O)COc1ccc(Cl)cc1)c1ccccc1. The molecular weight excluding hydrogens is 286 g/mol. The van der Waals surface area contributed by atoms with Crippen LogP contribution in [-0.2, 0) is 4.79 Å². The molecule has 2 rings (SSSR count). The first kappa shape index (κ1) is 15.4. The van der Waals surface area contributed by atoms with Gasteiger partial charge in [0.05, 0.1) is 6.04 Å². The lowest BCUT2D eigenvalue weighted by Crippen LogP contribution is -2.32. The van der Waals surface area contributed by atoms with Gasteiger partial charge >= 0.3 is 0 Å². The van der Waals surface area contributed by atoms with Gasteiger partial charge in [0, 0.05) is 5.02 Å². The van der Waals surface area contributed by atoms with Gasteiger partial charge in [-0.25, -0.2) is 0 Å². The lowest BCUT2D eigenvalue weighted by atomic mass is 10.0. The summed E-state index contributed by atoms with van der Waals surface area (Å²) in [5.74, 6) is 0.489. The molecule has 0 aliphatic carbocycles. The molecule has 0 saturated carbocycles. The van der Waals surface area contributed by atoms with E-state index >= 15 is 0 Å². The fraction of sp³-hybridized carbons (Fsp3) is 0.235. The molecule has 2 aromatic rings. The Morgan fingerprint density at radius 1 is 1.14 bits per heavy atom. The van der Waals surface area contributed by atoms with E-state index in [0.717, 1.165) is 12.0 Å². The van der Waals surface area contributed by atoms with Crippen molar-refractivity contribution in [3.63, 3.8) is 0 Å². The Kier molecular flexibility index (Phi) is 5.64. The van der Waals surface area contributed by atoms with E-state index in [4.69, 9.17) is 16.3 Å². The summed E-state index contributed by atoms with van der Waals surface area (Å²) in [6, 6.07) is 16.9. The predicted molar refractivity (Wildman–Crippen MR) is 84.6 cm³/mol. The number of halogens is 1. The Hall–Kier alpha value is -2.00. The summed E-state index contributed by atoms with van der Waals surface area (Å²) in [5, 5.41) is 3.62. The fourth-order valence-corrected chi connectivity index (χ4v) is 2.15. The summed E-state index contributed by atoms with van der Waals surface area (Å²) in [6.45, 7) is 2.03. The second-order valence-electron chi connectivity index (χ2n) is 4.68. The Morgan fingerprint density at radius 2 is 1.81 bits per heavy atom. The number of hydrogen-bond donors (Lipinski definition) is 1. The maximum absolute atomic E-state index is 12.0. The van der Waals surface area contributed by atoms with Gasteiger partial charge < -0.3 is 10.1 Å². The molecule has 0 aliphatic heterocycles. The summed E-state index contributed by atoms with van der Waals surface area (Å²) in [6.07, 6.45) is 0.830. The Bertz CT molecular complexity index is 569. The van der Waals surface area contributed by atoms with Crippen molar-refractivity contribution in [3.05, 3.63) is 65.2 Å². The van der Waals surface area contributed by atoms with Gasteiger partial charge in [-0.05, 0) is 36.2 Å². The molecule has 0 spiro atoms. The molecule has 0 aromatic heterocycles. The molecule has 0 aliphatic rings.